The molecule has 38 heavy (non-hydrogen) atoms. The summed E-state index contributed by atoms with van der Waals surface area (Å²) in [6, 6.07) is 17.5. The topological polar surface area (TPSA) is 74.3 Å². The van der Waals surface area contributed by atoms with E-state index < -0.39 is 0 Å². The summed E-state index contributed by atoms with van der Waals surface area (Å²) >= 11 is 1.47. The molecule has 1 aromatic heterocycles. The highest BCUT2D eigenvalue weighted by Gasteiger charge is 2.18. The molecule has 0 atom stereocenters. The summed E-state index contributed by atoms with van der Waals surface area (Å²) in [6.45, 7) is 4.32. The SMILES string of the molecule is CC1=C(C(=O)NCc2cccc(C(=O)Nc3ccc4c(c3)CN(C)CC4)c2)SC=C(c2cccnc2)CC1. The normalized spacial score (nSPS) is 15.8. The predicted octanol–water partition coefficient (Wildman–Crippen LogP) is 5.78. The van der Waals surface area contributed by atoms with Crippen molar-refractivity contribution in [1.29, 1.82) is 0 Å². The summed E-state index contributed by atoms with van der Waals surface area (Å²) in [7, 11) is 2.11. The van der Waals surface area contributed by atoms with Crippen molar-refractivity contribution in [3.8, 4) is 0 Å². The lowest BCUT2D eigenvalue weighted by molar-refractivity contribution is -0.117. The van der Waals surface area contributed by atoms with E-state index in [4.69, 9.17) is 0 Å². The maximum Gasteiger partial charge on any atom is 0.258 e. The fourth-order valence-corrected chi connectivity index (χ4v) is 5.80. The van der Waals surface area contributed by atoms with E-state index in [0.29, 0.717) is 12.1 Å². The lowest BCUT2D eigenvalue weighted by Crippen LogP contribution is -2.26. The number of hydrogen-bond donors (Lipinski definition) is 2. The van der Waals surface area contributed by atoms with Gasteiger partial charge in [0.15, 0.2) is 0 Å². The van der Waals surface area contributed by atoms with Crippen LogP contribution in [0.25, 0.3) is 5.57 Å². The van der Waals surface area contributed by atoms with Gasteiger partial charge in [-0.15, -0.1) is 0 Å². The minimum Gasteiger partial charge on any atom is -0.348 e. The monoisotopic (exact) mass is 524 g/mol. The number of amides is 2. The van der Waals surface area contributed by atoms with Gasteiger partial charge in [-0.1, -0.05) is 41.6 Å². The zero-order chi connectivity index (χ0) is 26.5. The van der Waals surface area contributed by atoms with Crippen molar-refractivity contribution in [3.63, 3.8) is 0 Å². The van der Waals surface area contributed by atoms with Crippen LogP contribution in [-0.4, -0.2) is 35.3 Å². The third kappa shape index (κ3) is 6.23. The van der Waals surface area contributed by atoms with Gasteiger partial charge in [-0.3, -0.25) is 14.6 Å². The molecular weight excluding hydrogens is 492 g/mol. The van der Waals surface area contributed by atoms with Crippen LogP contribution in [-0.2, 0) is 24.3 Å². The second-order valence-electron chi connectivity index (χ2n) is 9.92. The molecule has 3 heterocycles. The molecule has 5 rings (SSSR count). The minimum atomic E-state index is -0.159. The number of thioether (sulfide) groups is 1. The minimum absolute atomic E-state index is 0.0925. The van der Waals surface area contributed by atoms with Crippen LogP contribution in [0.1, 0.15) is 52.4 Å². The third-order valence-electron chi connectivity index (χ3n) is 7.02. The number of likely N-dealkylation sites (N-methyl/N-ethyl adjacent to an activating group) is 1. The van der Waals surface area contributed by atoms with Crippen LogP contribution in [0.2, 0.25) is 0 Å². The van der Waals surface area contributed by atoms with E-state index in [1.807, 2.05) is 49.5 Å². The van der Waals surface area contributed by atoms with Crippen molar-refractivity contribution in [3.05, 3.63) is 111 Å². The molecule has 194 valence electrons. The number of aromatic nitrogens is 1. The molecule has 2 aliphatic heterocycles. The van der Waals surface area contributed by atoms with Gasteiger partial charge < -0.3 is 15.5 Å². The van der Waals surface area contributed by atoms with Gasteiger partial charge in [-0.25, -0.2) is 0 Å². The number of carbonyl (C=O) groups excluding carboxylic acids is 2. The highest BCUT2D eigenvalue weighted by Crippen LogP contribution is 2.35. The fraction of sp³-hybridized carbons (Fsp3) is 0.258. The van der Waals surface area contributed by atoms with Gasteiger partial charge in [-0.05, 0) is 96.8 Å². The number of fused-ring (bicyclic) bond motifs is 1. The molecule has 7 heteroatoms. The Kier molecular flexibility index (Phi) is 8.05. The van der Waals surface area contributed by atoms with E-state index in [-0.39, 0.29) is 11.8 Å². The molecule has 0 saturated heterocycles. The Hall–Kier alpha value is -3.68. The van der Waals surface area contributed by atoms with Gasteiger partial charge in [0.05, 0.1) is 4.91 Å². The Bertz CT molecular complexity index is 1410. The first-order valence-electron chi connectivity index (χ1n) is 12.9. The zero-order valence-corrected chi connectivity index (χ0v) is 22.6. The first kappa shape index (κ1) is 25.9. The maximum atomic E-state index is 13.1. The number of anilines is 1. The van der Waals surface area contributed by atoms with Crippen molar-refractivity contribution >= 4 is 34.8 Å². The van der Waals surface area contributed by atoms with Crippen LogP contribution >= 0.6 is 11.8 Å². The molecule has 3 aromatic rings. The highest BCUT2D eigenvalue weighted by molar-refractivity contribution is 8.06. The molecule has 2 amide bonds. The Labute approximate surface area is 228 Å². The standard InChI is InChI=1S/C31H32N4O2S/c1-21-8-9-26(25-7-4-13-32-18-25)20-38-29(21)31(37)33-17-22-5-3-6-24(15-22)30(36)34-28-11-10-23-12-14-35(2)19-27(23)16-28/h3-7,10-11,13,15-16,18,20H,8-9,12,14,17,19H2,1-2H3,(H,33,37)(H,34,36). The van der Waals surface area contributed by atoms with Crippen molar-refractivity contribution in [2.75, 3.05) is 18.9 Å². The smallest absolute Gasteiger partial charge is 0.258 e. The first-order chi connectivity index (χ1) is 18.5. The van der Waals surface area contributed by atoms with Crippen molar-refractivity contribution in [2.24, 2.45) is 0 Å². The van der Waals surface area contributed by atoms with Crippen LogP contribution in [0.15, 0.2) is 82.9 Å². The predicted molar refractivity (Wildman–Crippen MR) is 154 cm³/mol. The van der Waals surface area contributed by atoms with Gasteiger partial charge in [0.1, 0.15) is 0 Å². The van der Waals surface area contributed by atoms with Gasteiger partial charge in [-0.2, -0.15) is 0 Å². The summed E-state index contributed by atoms with van der Waals surface area (Å²) in [5.74, 6) is -0.252. The van der Waals surface area contributed by atoms with E-state index >= 15 is 0 Å². The van der Waals surface area contributed by atoms with Gasteiger partial charge in [0.25, 0.3) is 11.8 Å². The van der Waals surface area contributed by atoms with Crippen LogP contribution in [0.4, 0.5) is 5.69 Å². The third-order valence-corrected chi connectivity index (χ3v) is 8.20. The highest BCUT2D eigenvalue weighted by atomic mass is 32.2. The Morgan fingerprint density at radius 3 is 2.74 bits per heavy atom. The molecule has 2 aliphatic rings. The molecule has 2 aromatic carbocycles. The van der Waals surface area contributed by atoms with Gasteiger partial charge >= 0.3 is 0 Å². The number of benzene rings is 2. The summed E-state index contributed by atoms with van der Waals surface area (Å²) in [5.41, 5.74) is 8.20. The average molecular weight is 525 g/mol. The summed E-state index contributed by atoms with van der Waals surface area (Å²) in [5, 5.41) is 8.13. The zero-order valence-electron chi connectivity index (χ0n) is 21.8. The largest absolute Gasteiger partial charge is 0.348 e. The lowest BCUT2D eigenvalue weighted by Gasteiger charge is -2.25. The van der Waals surface area contributed by atoms with Crippen LogP contribution in [0, 0.1) is 0 Å². The van der Waals surface area contributed by atoms with E-state index in [0.717, 1.165) is 59.6 Å². The Balaban J connectivity index is 1.20. The molecule has 0 spiro atoms. The summed E-state index contributed by atoms with van der Waals surface area (Å²) in [6.07, 6.45) is 6.36. The molecule has 0 saturated carbocycles. The molecule has 0 fully saturated rings. The van der Waals surface area contributed by atoms with Crippen molar-refractivity contribution in [1.82, 2.24) is 15.2 Å². The van der Waals surface area contributed by atoms with E-state index in [2.05, 4.69) is 45.1 Å². The number of nitrogens with one attached hydrogen (secondary N) is 2. The Morgan fingerprint density at radius 1 is 1.00 bits per heavy atom. The Morgan fingerprint density at radius 2 is 1.89 bits per heavy atom. The molecule has 0 bridgehead atoms. The van der Waals surface area contributed by atoms with E-state index in [1.54, 1.807) is 12.3 Å². The summed E-state index contributed by atoms with van der Waals surface area (Å²) in [4.78, 5) is 33.3. The van der Waals surface area contributed by atoms with Gasteiger partial charge in [0.2, 0.25) is 0 Å². The number of allylic oxidation sites excluding steroid dienone is 2. The fourth-order valence-electron chi connectivity index (χ4n) is 4.80. The summed E-state index contributed by atoms with van der Waals surface area (Å²) < 4.78 is 0. The van der Waals surface area contributed by atoms with E-state index in [1.165, 1.54) is 28.5 Å². The van der Waals surface area contributed by atoms with Gasteiger partial charge in [0, 0.05) is 43.3 Å². The van der Waals surface area contributed by atoms with Crippen LogP contribution in [0.5, 0.6) is 0 Å². The quantitative estimate of drug-likeness (QED) is 0.428. The number of hydrogen-bond acceptors (Lipinski definition) is 5. The number of nitrogens with zero attached hydrogens (tertiary/aromatic N) is 2. The molecule has 2 N–H and O–H groups in total. The van der Waals surface area contributed by atoms with Crippen LogP contribution < -0.4 is 10.6 Å². The molecule has 6 nitrogen and oxygen atoms in total. The van der Waals surface area contributed by atoms with E-state index in [9.17, 15) is 9.59 Å². The second kappa shape index (κ2) is 11.8. The molecule has 0 radical (unpaired) electrons. The average Bonchev–Trinajstić information content (AvgIpc) is 3.13. The lowest BCUT2D eigenvalue weighted by atomic mass is 9.99. The molecule has 0 unspecified atom stereocenters. The molecule has 0 aliphatic carbocycles. The number of rotatable bonds is 6. The second-order valence-corrected chi connectivity index (χ2v) is 10.8. The van der Waals surface area contributed by atoms with Crippen molar-refractivity contribution < 1.29 is 9.59 Å². The number of pyridine rings is 1. The van der Waals surface area contributed by atoms with Crippen molar-refractivity contribution in [2.45, 2.75) is 39.3 Å². The van der Waals surface area contributed by atoms with Crippen LogP contribution in [0.3, 0.4) is 0 Å². The molecular formula is C31H32N4O2S. The first-order valence-corrected chi connectivity index (χ1v) is 13.8. The maximum absolute atomic E-state index is 13.1. The number of carbonyl (C=O) groups is 2.